The molecule has 2 aromatic carbocycles. The Balaban J connectivity index is 1.45. The third-order valence-corrected chi connectivity index (χ3v) is 6.80. The number of hydrogen-bond donors (Lipinski definition) is 2. The number of nitrogens with one attached hydrogen (secondary N) is 2. The number of unbranched alkanes of at least 4 members (excludes halogenated alkanes) is 1. The van der Waals surface area contributed by atoms with Crippen LogP contribution in [0, 0.1) is 6.92 Å². The Kier molecular flexibility index (Phi) is 8.09. The highest BCUT2D eigenvalue weighted by Gasteiger charge is 2.20. The highest BCUT2D eigenvalue weighted by molar-refractivity contribution is 7.20. The number of hydrogen-bond acceptors (Lipinski definition) is 7. The fraction of sp³-hybridized carbons (Fsp3) is 0.222. The molecular formula is C27H26N4O5S. The number of esters is 1. The molecule has 0 unspecified atom stereocenters. The smallest absolute Gasteiger partial charge is 0.338 e. The molecule has 2 heterocycles. The van der Waals surface area contributed by atoms with Crippen LogP contribution in [0.2, 0.25) is 0 Å². The summed E-state index contributed by atoms with van der Waals surface area (Å²) >= 11 is 1.13. The molecule has 0 atom stereocenters. The quantitative estimate of drug-likeness (QED) is 0.247. The van der Waals surface area contributed by atoms with E-state index in [-0.39, 0.29) is 12.5 Å². The summed E-state index contributed by atoms with van der Waals surface area (Å²) in [5.74, 6) is -1.18. The van der Waals surface area contributed by atoms with Crippen LogP contribution in [0.4, 0.5) is 11.4 Å². The van der Waals surface area contributed by atoms with Crippen molar-refractivity contribution in [1.82, 2.24) is 9.55 Å². The summed E-state index contributed by atoms with van der Waals surface area (Å²) in [6, 6.07) is 15.4. The number of fused-ring (bicyclic) bond motifs is 1. The van der Waals surface area contributed by atoms with Gasteiger partial charge in [0.1, 0.15) is 11.4 Å². The summed E-state index contributed by atoms with van der Waals surface area (Å²) in [6.45, 7) is 3.81. The van der Waals surface area contributed by atoms with Gasteiger partial charge in [-0.3, -0.25) is 19.0 Å². The first-order chi connectivity index (χ1) is 17.9. The molecule has 2 aromatic heterocycles. The van der Waals surface area contributed by atoms with Gasteiger partial charge in [-0.2, -0.15) is 0 Å². The van der Waals surface area contributed by atoms with Gasteiger partial charge in [-0.25, -0.2) is 9.78 Å². The first-order valence-corrected chi connectivity index (χ1v) is 12.6. The molecule has 0 aliphatic heterocycles. The molecule has 0 fully saturated rings. The van der Waals surface area contributed by atoms with Gasteiger partial charge < -0.3 is 15.4 Å². The lowest BCUT2D eigenvalue weighted by atomic mass is 10.2. The van der Waals surface area contributed by atoms with Crippen LogP contribution in [0.3, 0.4) is 0 Å². The summed E-state index contributed by atoms with van der Waals surface area (Å²) in [5, 5.41) is 5.84. The maximum absolute atomic E-state index is 13.1. The number of aromatic nitrogens is 2. The summed E-state index contributed by atoms with van der Waals surface area (Å²) < 4.78 is 6.38. The van der Waals surface area contributed by atoms with E-state index in [4.69, 9.17) is 4.74 Å². The fourth-order valence-corrected chi connectivity index (χ4v) is 4.67. The maximum Gasteiger partial charge on any atom is 0.338 e. The van der Waals surface area contributed by atoms with Crippen LogP contribution in [0.5, 0.6) is 0 Å². The van der Waals surface area contributed by atoms with Crippen LogP contribution in [-0.4, -0.2) is 33.9 Å². The average Bonchev–Trinajstić information content (AvgIpc) is 3.24. The minimum absolute atomic E-state index is 0.261. The number of ether oxygens (including phenoxy) is 1. The molecule has 10 heteroatoms. The monoisotopic (exact) mass is 518 g/mol. The van der Waals surface area contributed by atoms with Crippen molar-refractivity contribution in [3.8, 4) is 0 Å². The molecule has 190 valence electrons. The van der Waals surface area contributed by atoms with Gasteiger partial charge >= 0.3 is 5.97 Å². The Morgan fingerprint density at radius 1 is 1.00 bits per heavy atom. The topological polar surface area (TPSA) is 119 Å². The molecule has 0 saturated heterocycles. The maximum atomic E-state index is 13.1. The van der Waals surface area contributed by atoms with Gasteiger partial charge in [-0.1, -0.05) is 31.5 Å². The highest BCUT2D eigenvalue weighted by atomic mass is 32.1. The molecule has 0 aliphatic rings. The predicted octanol–water partition coefficient (Wildman–Crippen LogP) is 4.61. The predicted molar refractivity (Wildman–Crippen MR) is 143 cm³/mol. The fourth-order valence-electron chi connectivity index (χ4n) is 3.64. The van der Waals surface area contributed by atoms with E-state index in [0.717, 1.165) is 24.2 Å². The number of amides is 2. The van der Waals surface area contributed by atoms with E-state index in [1.807, 2.05) is 25.1 Å². The van der Waals surface area contributed by atoms with Crippen molar-refractivity contribution >= 4 is 50.7 Å². The lowest BCUT2D eigenvalue weighted by Gasteiger charge is -2.08. The summed E-state index contributed by atoms with van der Waals surface area (Å²) in [4.78, 5) is 55.7. The zero-order chi connectivity index (χ0) is 26.4. The van der Waals surface area contributed by atoms with Gasteiger partial charge in [0.15, 0.2) is 0 Å². The van der Waals surface area contributed by atoms with E-state index in [1.165, 1.54) is 10.9 Å². The molecule has 4 aromatic rings. The highest BCUT2D eigenvalue weighted by Crippen LogP contribution is 2.27. The normalized spacial score (nSPS) is 10.8. The number of nitrogens with zero attached hydrogens (tertiary/aromatic N) is 2. The molecule has 37 heavy (non-hydrogen) atoms. The number of carbonyl (C=O) groups is 3. The molecule has 0 aliphatic carbocycles. The van der Waals surface area contributed by atoms with Crippen LogP contribution in [0.25, 0.3) is 10.2 Å². The number of thiophene rings is 1. The number of rotatable bonds is 9. The molecule has 2 amide bonds. The number of carbonyl (C=O) groups excluding carboxylic acids is 3. The van der Waals surface area contributed by atoms with Gasteiger partial charge in [-0.05, 0) is 55.3 Å². The molecular weight excluding hydrogens is 492 g/mol. The largest absolute Gasteiger partial charge is 0.462 e. The number of para-hydroxylation sites is 1. The molecule has 0 saturated carbocycles. The van der Waals surface area contributed by atoms with Gasteiger partial charge in [0.25, 0.3) is 11.5 Å². The lowest BCUT2D eigenvalue weighted by Crippen LogP contribution is -2.28. The van der Waals surface area contributed by atoms with Gasteiger partial charge in [-0.15, -0.1) is 11.3 Å². The Morgan fingerprint density at radius 3 is 2.41 bits per heavy atom. The van der Waals surface area contributed by atoms with Gasteiger partial charge in [0.05, 0.1) is 28.8 Å². The Morgan fingerprint density at radius 2 is 1.70 bits per heavy atom. The zero-order valence-corrected chi connectivity index (χ0v) is 21.3. The van der Waals surface area contributed by atoms with Crippen molar-refractivity contribution in [2.24, 2.45) is 0 Å². The van der Waals surface area contributed by atoms with Crippen molar-refractivity contribution in [1.29, 1.82) is 0 Å². The molecule has 9 nitrogen and oxygen atoms in total. The Labute approximate surface area is 217 Å². The van der Waals surface area contributed by atoms with Gasteiger partial charge in [0, 0.05) is 11.4 Å². The third-order valence-electron chi connectivity index (χ3n) is 5.60. The van der Waals surface area contributed by atoms with Crippen molar-refractivity contribution < 1.29 is 19.1 Å². The first-order valence-electron chi connectivity index (χ1n) is 11.8. The summed E-state index contributed by atoms with van der Waals surface area (Å²) in [5.41, 5.74) is 1.62. The molecule has 0 spiro atoms. The number of benzene rings is 2. The Bertz CT molecular complexity index is 1490. The molecule has 4 rings (SSSR count). The van der Waals surface area contributed by atoms with E-state index in [9.17, 15) is 19.2 Å². The zero-order valence-electron chi connectivity index (χ0n) is 20.4. The van der Waals surface area contributed by atoms with Crippen LogP contribution < -0.4 is 16.2 Å². The van der Waals surface area contributed by atoms with E-state index in [2.05, 4.69) is 15.6 Å². The summed E-state index contributed by atoms with van der Waals surface area (Å²) in [7, 11) is 0. The van der Waals surface area contributed by atoms with Crippen molar-refractivity contribution in [2.75, 3.05) is 17.2 Å². The van der Waals surface area contributed by atoms with Crippen molar-refractivity contribution in [3.05, 3.63) is 87.3 Å². The second-order valence-electron chi connectivity index (χ2n) is 8.35. The summed E-state index contributed by atoms with van der Waals surface area (Å²) in [6.07, 6.45) is 3.03. The minimum Gasteiger partial charge on any atom is -0.462 e. The molecule has 0 bridgehead atoms. The first kappa shape index (κ1) is 25.8. The molecule has 2 N–H and O–H groups in total. The SMILES string of the molecule is CCCCOC(=O)c1ccc(NC(=O)Cn2cnc3sc(C(=O)Nc4ccccc4)c(C)c3c2=O)cc1. The van der Waals surface area contributed by atoms with E-state index in [1.54, 1.807) is 43.3 Å². The van der Waals surface area contributed by atoms with E-state index >= 15 is 0 Å². The molecule has 0 radical (unpaired) electrons. The third kappa shape index (κ3) is 6.10. The second-order valence-corrected chi connectivity index (χ2v) is 9.35. The second kappa shape index (κ2) is 11.6. The van der Waals surface area contributed by atoms with Crippen molar-refractivity contribution in [3.63, 3.8) is 0 Å². The standard InChI is InChI=1S/C27H26N4O5S/c1-3-4-14-36-27(35)18-10-12-20(13-11-18)29-21(32)15-31-16-28-25-22(26(31)34)17(2)23(37-25)24(33)30-19-8-6-5-7-9-19/h5-13,16H,3-4,14-15H2,1-2H3,(H,29,32)(H,30,33). The number of aryl methyl sites for hydroxylation is 1. The average molecular weight is 519 g/mol. The van der Waals surface area contributed by atoms with E-state index in [0.29, 0.717) is 44.2 Å². The van der Waals surface area contributed by atoms with Crippen LogP contribution in [-0.2, 0) is 16.1 Å². The van der Waals surface area contributed by atoms with Crippen molar-refractivity contribution in [2.45, 2.75) is 33.2 Å². The lowest BCUT2D eigenvalue weighted by molar-refractivity contribution is -0.116. The van der Waals surface area contributed by atoms with Gasteiger partial charge in [0.2, 0.25) is 5.91 Å². The van der Waals surface area contributed by atoms with E-state index < -0.39 is 17.4 Å². The Hall–Kier alpha value is -4.31. The minimum atomic E-state index is -0.434. The van der Waals surface area contributed by atoms with Crippen LogP contribution >= 0.6 is 11.3 Å². The van der Waals surface area contributed by atoms with Crippen LogP contribution in [0.15, 0.2) is 65.7 Å². The van der Waals surface area contributed by atoms with Crippen LogP contribution in [0.1, 0.15) is 45.4 Å². The number of anilines is 2.